The number of nitrogens with one attached hydrogen (secondary N) is 1. The van der Waals surface area contributed by atoms with Crippen molar-refractivity contribution in [3.8, 4) is 6.07 Å². The highest BCUT2D eigenvalue weighted by Gasteiger charge is 2.22. The number of amides is 1. The van der Waals surface area contributed by atoms with Gasteiger partial charge in [0.1, 0.15) is 16.4 Å². The summed E-state index contributed by atoms with van der Waals surface area (Å²) >= 11 is 7.23. The zero-order valence-electron chi connectivity index (χ0n) is 9.55. The summed E-state index contributed by atoms with van der Waals surface area (Å²) in [4.78, 5) is 12.8. The van der Waals surface area contributed by atoms with Crippen LogP contribution in [0.25, 0.3) is 0 Å². The summed E-state index contributed by atoms with van der Waals surface area (Å²) in [5.74, 6) is -0.248. The lowest BCUT2D eigenvalue weighted by Crippen LogP contribution is -2.20. The molecule has 3 nitrogen and oxygen atoms in total. The van der Waals surface area contributed by atoms with Crippen LogP contribution in [0.4, 0.5) is 5.00 Å². The number of halogens is 1. The van der Waals surface area contributed by atoms with Gasteiger partial charge in [-0.1, -0.05) is 0 Å². The second-order valence-electron chi connectivity index (χ2n) is 4.13. The Labute approximate surface area is 109 Å². The van der Waals surface area contributed by atoms with Gasteiger partial charge in [0.05, 0.1) is 5.56 Å². The van der Waals surface area contributed by atoms with Gasteiger partial charge in [-0.15, -0.1) is 22.9 Å². The first-order valence-corrected chi connectivity index (χ1v) is 6.88. The van der Waals surface area contributed by atoms with E-state index < -0.39 is 5.38 Å². The van der Waals surface area contributed by atoms with Gasteiger partial charge in [-0.3, -0.25) is 4.79 Å². The first-order chi connectivity index (χ1) is 8.13. The van der Waals surface area contributed by atoms with Crippen LogP contribution in [0.15, 0.2) is 0 Å². The molecule has 0 spiro atoms. The molecule has 0 aromatic carbocycles. The molecule has 0 fully saturated rings. The number of fused-ring (bicyclic) bond motifs is 1. The molecule has 0 radical (unpaired) electrons. The minimum absolute atomic E-state index is 0.248. The summed E-state index contributed by atoms with van der Waals surface area (Å²) in [5, 5.41) is 12.0. The Morgan fingerprint density at radius 2 is 2.24 bits per heavy atom. The Morgan fingerprint density at radius 1 is 1.53 bits per heavy atom. The number of rotatable bonds is 2. The fourth-order valence-electron chi connectivity index (χ4n) is 1.98. The standard InChI is InChI=1S/C12H13ClN2OS/c1-7(13)11(16)15-12-9(6-14)8-4-2-3-5-10(8)17-12/h7H,2-5H2,1H3,(H,15,16)/t7-/m0/s1. The number of aryl methyl sites for hydroxylation is 1. The number of carbonyl (C=O) groups excluding carboxylic acids is 1. The van der Waals surface area contributed by atoms with Crippen molar-refractivity contribution in [3.63, 3.8) is 0 Å². The molecule has 1 N–H and O–H groups in total. The zero-order valence-corrected chi connectivity index (χ0v) is 11.1. The number of thiophene rings is 1. The van der Waals surface area contributed by atoms with Crippen molar-refractivity contribution in [1.82, 2.24) is 0 Å². The van der Waals surface area contributed by atoms with Crippen molar-refractivity contribution in [1.29, 1.82) is 5.26 Å². The van der Waals surface area contributed by atoms with E-state index in [1.807, 2.05) is 0 Å². The van der Waals surface area contributed by atoms with Crippen LogP contribution < -0.4 is 5.32 Å². The largest absolute Gasteiger partial charge is 0.315 e. The molecule has 1 aromatic heterocycles. The number of carbonyl (C=O) groups is 1. The summed E-state index contributed by atoms with van der Waals surface area (Å²) in [6.45, 7) is 1.62. The Balaban J connectivity index is 2.32. The number of nitriles is 1. The van der Waals surface area contributed by atoms with Gasteiger partial charge in [0.15, 0.2) is 0 Å². The Kier molecular flexibility index (Phi) is 3.70. The molecule has 1 heterocycles. The summed E-state index contributed by atoms with van der Waals surface area (Å²) in [6.07, 6.45) is 4.25. The van der Waals surface area contributed by atoms with E-state index in [4.69, 9.17) is 11.6 Å². The third-order valence-corrected chi connectivity index (χ3v) is 4.29. The molecule has 1 aliphatic rings. The van der Waals surface area contributed by atoms with Gasteiger partial charge in [0.25, 0.3) is 0 Å². The van der Waals surface area contributed by atoms with E-state index >= 15 is 0 Å². The summed E-state index contributed by atoms with van der Waals surface area (Å²) < 4.78 is 0. The van der Waals surface area contributed by atoms with E-state index in [0.29, 0.717) is 10.6 Å². The summed E-state index contributed by atoms with van der Waals surface area (Å²) in [7, 11) is 0. The molecular weight excluding hydrogens is 256 g/mol. The predicted molar refractivity (Wildman–Crippen MR) is 69.6 cm³/mol. The van der Waals surface area contributed by atoms with Crippen molar-refractivity contribution >= 4 is 33.8 Å². The minimum Gasteiger partial charge on any atom is -0.315 e. The lowest BCUT2D eigenvalue weighted by Gasteiger charge is -2.09. The van der Waals surface area contributed by atoms with Crippen LogP contribution in [0.2, 0.25) is 0 Å². The number of anilines is 1. The van der Waals surface area contributed by atoms with Crippen LogP contribution in [0.5, 0.6) is 0 Å². The van der Waals surface area contributed by atoms with Gasteiger partial charge < -0.3 is 5.32 Å². The molecule has 17 heavy (non-hydrogen) atoms. The Hall–Kier alpha value is -1.05. The van der Waals surface area contributed by atoms with Crippen molar-refractivity contribution in [3.05, 3.63) is 16.0 Å². The van der Waals surface area contributed by atoms with Crippen molar-refractivity contribution < 1.29 is 4.79 Å². The fraction of sp³-hybridized carbons (Fsp3) is 0.500. The van der Waals surface area contributed by atoms with Crippen molar-refractivity contribution in [2.75, 3.05) is 5.32 Å². The lowest BCUT2D eigenvalue weighted by atomic mass is 9.96. The molecule has 1 amide bonds. The SMILES string of the molecule is C[C@H](Cl)C(=O)Nc1sc2c(c1C#N)CCCC2. The molecule has 1 aliphatic carbocycles. The van der Waals surface area contributed by atoms with Gasteiger partial charge >= 0.3 is 0 Å². The van der Waals surface area contributed by atoms with Crippen LogP contribution in [0.3, 0.4) is 0 Å². The van der Waals surface area contributed by atoms with E-state index in [0.717, 1.165) is 31.2 Å². The summed E-state index contributed by atoms with van der Waals surface area (Å²) in [6, 6.07) is 2.20. The maximum atomic E-state index is 11.5. The van der Waals surface area contributed by atoms with Gasteiger partial charge in [-0.05, 0) is 38.2 Å². The van der Waals surface area contributed by atoms with E-state index in [1.165, 1.54) is 16.2 Å². The highest BCUT2D eigenvalue weighted by atomic mass is 35.5. The monoisotopic (exact) mass is 268 g/mol. The zero-order chi connectivity index (χ0) is 12.4. The topological polar surface area (TPSA) is 52.9 Å². The van der Waals surface area contributed by atoms with Crippen LogP contribution in [-0.2, 0) is 17.6 Å². The first kappa shape index (κ1) is 12.4. The number of alkyl halides is 1. The van der Waals surface area contributed by atoms with E-state index in [1.54, 1.807) is 6.92 Å². The van der Waals surface area contributed by atoms with Crippen LogP contribution >= 0.6 is 22.9 Å². The highest BCUT2D eigenvalue weighted by molar-refractivity contribution is 7.16. The van der Waals surface area contributed by atoms with Gasteiger partial charge in [-0.25, -0.2) is 0 Å². The average Bonchev–Trinajstić information content (AvgIpc) is 2.65. The first-order valence-electron chi connectivity index (χ1n) is 5.63. The molecule has 2 rings (SSSR count). The minimum atomic E-state index is -0.583. The molecule has 90 valence electrons. The lowest BCUT2D eigenvalue weighted by molar-refractivity contribution is -0.115. The van der Waals surface area contributed by atoms with E-state index in [2.05, 4.69) is 11.4 Å². The van der Waals surface area contributed by atoms with E-state index in [-0.39, 0.29) is 5.91 Å². The van der Waals surface area contributed by atoms with Gasteiger partial charge in [0.2, 0.25) is 5.91 Å². The molecular formula is C12H13ClN2OS. The van der Waals surface area contributed by atoms with Crippen molar-refractivity contribution in [2.24, 2.45) is 0 Å². The molecule has 1 aromatic rings. The maximum Gasteiger partial charge on any atom is 0.242 e. The molecule has 5 heteroatoms. The molecule has 1 atom stereocenters. The quantitative estimate of drug-likeness (QED) is 0.838. The fourth-order valence-corrected chi connectivity index (χ4v) is 3.28. The number of nitrogens with zero attached hydrogens (tertiary/aromatic N) is 1. The number of hydrogen-bond donors (Lipinski definition) is 1. The second kappa shape index (κ2) is 5.07. The van der Waals surface area contributed by atoms with Crippen LogP contribution in [0.1, 0.15) is 35.8 Å². The van der Waals surface area contributed by atoms with Crippen LogP contribution in [0, 0.1) is 11.3 Å². The normalized spacial score (nSPS) is 15.8. The average molecular weight is 269 g/mol. The smallest absolute Gasteiger partial charge is 0.242 e. The second-order valence-corrected chi connectivity index (χ2v) is 5.89. The molecule has 0 saturated heterocycles. The molecule has 0 saturated carbocycles. The third-order valence-electron chi connectivity index (χ3n) is 2.88. The third kappa shape index (κ3) is 2.46. The molecule has 0 unspecified atom stereocenters. The maximum absolute atomic E-state index is 11.5. The Morgan fingerprint density at radius 3 is 2.88 bits per heavy atom. The van der Waals surface area contributed by atoms with Gasteiger partial charge in [0, 0.05) is 4.88 Å². The molecule has 0 bridgehead atoms. The molecule has 0 aliphatic heterocycles. The Bertz CT molecular complexity index is 487. The summed E-state index contributed by atoms with van der Waals surface area (Å²) in [5.41, 5.74) is 1.76. The van der Waals surface area contributed by atoms with Gasteiger partial charge in [-0.2, -0.15) is 5.26 Å². The highest BCUT2D eigenvalue weighted by Crippen LogP contribution is 2.37. The number of hydrogen-bond acceptors (Lipinski definition) is 3. The van der Waals surface area contributed by atoms with Crippen LogP contribution in [-0.4, -0.2) is 11.3 Å². The van der Waals surface area contributed by atoms with Crippen molar-refractivity contribution in [2.45, 2.75) is 38.0 Å². The van der Waals surface area contributed by atoms with E-state index in [9.17, 15) is 10.1 Å². The predicted octanol–water partition coefficient (Wildman–Crippen LogP) is 3.06.